The van der Waals surface area contributed by atoms with E-state index in [1.165, 1.54) is 38.5 Å². The molecule has 0 aromatic rings. The van der Waals surface area contributed by atoms with Gasteiger partial charge < -0.3 is 24.8 Å². The summed E-state index contributed by atoms with van der Waals surface area (Å²) in [6.45, 7) is 9.42. The van der Waals surface area contributed by atoms with Crippen LogP contribution < -0.4 is 24.8 Å². The van der Waals surface area contributed by atoms with E-state index < -0.39 is 16.6 Å². The summed E-state index contributed by atoms with van der Waals surface area (Å²) in [5.74, 6) is 0. The maximum absolute atomic E-state index is 2.56. The largest absolute Gasteiger partial charge is 1.00 e. The first-order valence-electron chi connectivity index (χ1n) is 9.05. The number of hydrogen-bond donors (Lipinski definition) is 0. The van der Waals surface area contributed by atoms with E-state index in [1.807, 2.05) is 7.76 Å². The molecule has 2 aliphatic carbocycles. The van der Waals surface area contributed by atoms with E-state index in [-0.39, 0.29) is 24.8 Å². The number of rotatable bonds is 6. The molecular formula is C20H30Cl2Ti. The molecule has 128 valence electrons. The van der Waals surface area contributed by atoms with Crippen molar-refractivity contribution in [3.05, 3.63) is 42.2 Å². The SMILES string of the molecule is CCC1=CC[C]([Ti+2]2([C]3=C(CC)C(CC)=CC3)[CH2][CH2]2)=C1CC.[Cl-].[Cl-]. The van der Waals surface area contributed by atoms with Crippen LogP contribution in [0, 0.1) is 0 Å². The summed E-state index contributed by atoms with van der Waals surface area (Å²) in [5, 5.41) is 0. The Bertz CT molecular complexity index is 526. The molecule has 3 heteroatoms. The molecule has 0 amide bonds. The number of hydrogen-bond acceptors (Lipinski definition) is 0. The van der Waals surface area contributed by atoms with E-state index in [9.17, 15) is 0 Å². The van der Waals surface area contributed by atoms with Crippen molar-refractivity contribution in [2.75, 3.05) is 0 Å². The van der Waals surface area contributed by atoms with Gasteiger partial charge in [0, 0.05) is 0 Å². The summed E-state index contributed by atoms with van der Waals surface area (Å²) >= 11 is -1.81. The fraction of sp³-hybridized carbons (Fsp3) is 0.600. The fourth-order valence-electron chi connectivity index (χ4n) is 4.81. The quantitative estimate of drug-likeness (QED) is 0.590. The van der Waals surface area contributed by atoms with Gasteiger partial charge in [-0.2, -0.15) is 0 Å². The molecule has 0 N–H and O–H groups in total. The van der Waals surface area contributed by atoms with Crippen LogP contribution in [-0.4, -0.2) is 0 Å². The molecule has 0 radical (unpaired) electrons. The molecule has 0 unspecified atom stereocenters. The molecule has 0 spiro atoms. The third-order valence-electron chi connectivity index (χ3n) is 5.98. The predicted octanol–water partition coefficient (Wildman–Crippen LogP) is 0.807. The molecule has 1 aliphatic heterocycles. The van der Waals surface area contributed by atoms with Gasteiger partial charge in [0.15, 0.2) is 0 Å². The summed E-state index contributed by atoms with van der Waals surface area (Å²) in [6, 6.07) is 0. The van der Waals surface area contributed by atoms with Gasteiger partial charge in [-0.15, -0.1) is 0 Å². The Kier molecular flexibility index (Phi) is 7.93. The summed E-state index contributed by atoms with van der Waals surface area (Å²) in [6.07, 6.45) is 12.8. The van der Waals surface area contributed by atoms with Gasteiger partial charge in [0.2, 0.25) is 0 Å². The third kappa shape index (κ3) is 3.48. The minimum Gasteiger partial charge on any atom is -1.00 e. The molecule has 1 saturated heterocycles. The zero-order valence-electron chi connectivity index (χ0n) is 15.1. The van der Waals surface area contributed by atoms with Gasteiger partial charge in [0.25, 0.3) is 0 Å². The zero-order valence-corrected chi connectivity index (χ0v) is 18.1. The molecule has 1 heterocycles. The van der Waals surface area contributed by atoms with Crippen molar-refractivity contribution >= 4 is 0 Å². The Balaban J connectivity index is 0.00000132. The van der Waals surface area contributed by atoms with Crippen molar-refractivity contribution in [2.45, 2.75) is 75.7 Å². The average molecular weight is 389 g/mol. The van der Waals surface area contributed by atoms with Crippen molar-refractivity contribution < 1.29 is 41.4 Å². The van der Waals surface area contributed by atoms with Gasteiger partial charge in [-0.1, -0.05) is 0 Å². The summed E-state index contributed by atoms with van der Waals surface area (Å²) in [5.41, 5.74) is 6.96. The van der Waals surface area contributed by atoms with Gasteiger partial charge in [0.05, 0.1) is 0 Å². The van der Waals surface area contributed by atoms with Crippen molar-refractivity contribution in [3.63, 3.8) is 0 Å². The third-order valence-corrected chi connectivity index (χ3v) is 13.5. The number of halogens is 2. The van der Waals surface area contributed by atoms with E-state index in [4.69, 9.17) is 0 Å². The van der Waals surface area contributed by atoms with Crippen LogP contribution in [0.2, 0.25) is 9.45 Å². The number of allylic oxidation sites excluding steroid dienone is 8. The van der Waals surface area contributed by atoms with Crippen LogP contribution in [0.15, 0.2) is 42.2 Å². The van der Waals surface area contributed by atoms with Crippen LogP contribution in [0.5, 0.6) is 0 Å². The molecule has 3 aliphatic rings. The smallest absolute Gasteiger partial charge is 1.00 e. The maximum atomic E-state index is 2.56. The van der Waals surface area contributed by atoms with E-state index in [1.54, 1.807) is 31.7 Å². The summed E-state index contributed by atoms with van der Waals surface area (Å²) < 4.78 is 7.16. The Labute approximate surface area is 158 Å². The second-order valence-corrected chi connectivity index (χ2v) is 13.6. The van der Waals surface area contributed by atoms with E-state index >= 15 is 0 Å². The van der Waals surface area contributed by atoms with Crippen LogP contribution in [0.25, 0.3) is 0 Å². The van der Waals surface area contributed by atoms with Gasteiger partial charge in [-0.3, -0.25) is 0 Å². The molecule has 0 atom stereocenters. The molecule has 0 saturated carbocycles. The Morgan fingerprint density at radius 2 is 1.09 bits per heavy atom. The van der Waals surface area contributed by atoms with E-state index in [0.717, 1.165) is 0 Å². The minimum atomic E-state index is -1.81. The van der Waals surface area contributed by atoms with Crippen LogP contribution in [0.1, 0.15) is 66.2 Å². The minimum absolute atomic E-state index is 0. The molecule has 3 rings (SSSR count). The molecular weight excluding hydrogens is 359 g/mol. The first kappa shape index (κ1) is 21.3. The molecule has 0 bridgehead atoms. The first-order chi connectivity index (χ1) is 10.2. The molecule has 0 aromatic heterocycles. The van der Waals surface area contributed by atoms with Gasteiger partial charge in [-0.25, -0.2) is 0 Å². The Morgan fingerprint density at radius 1 is 0.696 bits per heavy atom. The van der Waals surface area contributed by atoms with E-state index in [0.29, 0.717) is 0 Å². The molecule has 0 nitrogen and oxygen atoms in total. The van der Waals surface area contributed by atoms with Crippen LogP contribution in [0.3, 0.4) is 0 Å². The van der Waals surface area contributed by atoms with Gasteiger partial charge in [0.1, 0.15) is 0 Å². The van der Waals surface area contributed by atoms with Crippen molar-refractivity contribution in [1.29, 1.82) is 0 Å². The van der Waals surface area contributed by atoms with Gasteiger partial charge >= 0.3 is 134 Å². The Hall–Kier alpha value is 0.254. The van der Waals surface area contributed by atoms with Crippen molar-refractivity contribution in [1.82, 2.24) is 0 Å². The fourth-order valence-corrected chi connectivity index (χ4v) is 13.7. The Morgan fingerprint density at radius 3 is 1.35 bits per heavy atom. The standard InChI is InChI=1S/2C9H13.C2H4.2ClH.Ti/c2*1-3-8-6-5-7-9(8)4-2;1-2;;;/h2*6H,3-5H2,1-2H3;1-2H2;2*1H;/q;;;;;+2/p-2. The van der Waals surface area contributed by atoms with Crippen LogP contribution in [0.4, 0.5) is 0 Å². The van der Waals surface area contributed by atoms with E-state index in [2.05, 4.69) is 39.8 Å². The topological polar surface area (TPSA) is 0 Å². The molecule has 1 fully saturated rings. The molecule has 0 aromatic carbocycles. The summed E-state index contributed by atoms with van der Waals surface area (Å²) in [7, 11) is 0. The second kappa shape index (κ2) is 8.57. The zero-order chi connectivity index (χ0) is 15.0. The van der Waals surface area contributed by atoms with Crippen molar-refractivity contribution in [2.24, 2.45) is 0 Å². The summed E-state index contributed by atoms with van der Waals surface area (Å²) in [4.78, 5) is 0. The predicted molar refractivity (Wildman–Crippen MR) is 90.2 cm³/mol. The second-order valence-electron chi connectivity index (χ2n) is 6.78. The average Bonchev–Trinajstić information content (AvgIpc) is 3.03. The van der Waals surface area contributed by atoms with Crippen LogP contribution >= 0.6 is 0 Å². The monoisotopic (exact) mass is 388 g/mol. The van der Waals surface area contributed by atoms with Crippen molar-refractivity contribution in [3.8, 4) is 0 Å². The molecule has 23 heavy (non-hydrogen) atoms. The van der Waals surface area contributed by atoms with Gasteiger partial charge in [-0.05, 0) is 0 Å². The first-order valence-corrected chi connectivity index (χ1v) is 12.8. The maximum Gasteiger partial charge on any atom is -1.00 e. The normalized spacial score (nSPS) is 20.3. The van der Waals surface area contributed by atoms with Crippen LogP contribution in [-0.2, 0) is 16.6 Å².